The van der Waals surface area contributed by atoms with Gasteiger partial charge in [-0.2, -0.15) is 4.39 Å². The Morgan fingerprint density at radius 3 is 1.38 bits per heavy atom. The third kappa shape index (κ3) is 26.0. The lowest BCUT2D eigenvalue weighted by molar-refractivity contribution is 0.0165. The van der Waals surface area contributed by atoms with Gasteiger partial charge in [-0.15, -0.1) is 0 Å². The van der Waals surface area contributed by atoms with Gasteiger partial charge in [-0.05, 0) is 111 Å². The molecule has 12 rings (SSSR count). The zero-order chi connectivity index (χ0) is 91.0. The number of nitrogens with zero attached hydrogens (tertiary/aromatic N) is 16. The number of H-pyrrole nitrogens is 2. The highest BCUT2D eigenvalue weighted by Crippen LogP contribution is 2.35. The van der Waals surface area contributed by atoms with Crippen molar-refractivity contribution in [3.8, 4) is 17.1 Å². The number of carbonyl (C=O) groups excluding carboxylic acids is 4. The number of piperazine rings is 2. The quantitative estimate of drug-likeness (QED) is 0.0457. The maximum atomic E-state index is 13.1. The van der Waals surface area contributed by atoms with Gasteiger partial charge in [0.1, 0.15) is 97.2 Å². The van der Waals surface area contributed by atoms with Crippen molar-refractivity contribution >= 4 is 144 Å². The largest absolute Gasteiger partial charge is 0.491 e. The summed E-state index contributed by atoms with van der Waals surface area (Å²) in [6, 6.07) is 5.03. The molecule has 0 radical (unpaired) electrons. The molecule has 0 aromatic carbocycles. The molecule has 10 aromatic rings. The minimum atomic E-state index is -1.06. The fourth-order valence-corrected chi connectivity index (χ4v) is 13.7. The molecule has 2 fully saturated rings. The van der Waals surface area contributed by atoms with E-state index in [1.54, 1.807) is 30.0 Å². The summed E-state index contributed by atoms with van der Waals surface area (Å²) < 4.78 is 32.1. The Kier molecular flexibility index (Phi) is 34.8. The van der Waals surface area contributed by atoms with E-state index in [1.807, 2.05) is 96.9 Å². The predicted octanol–water partition coefficient (Wildman–Crippen LogP) is 11.9. The van der Waals surface area contributed by atoms with Crippen LogP contribution in [0, 0.1) is 33.6 Å². The number of anilines is 3. The predicted molar refractivity (Wildman–Crippen MR) is 466 cm³/mol. The number of aromatic amines is 2. The number of nitrogens with two attached hydrogens (primary N) is 3. The SMILES string of the molecule is CC(C)(C)OC(=O)N1CCN[C@@H](CO)C1.Cc1ncnc(C(C)C)c1-n1c(=O)[nH]c(=O)c2c(Cl)cc(Cl)nc21.Cc1ncnc(C(C)C)c1-n1c(=O)[nH]c(=O)c2c(OC[C@H]3CN(C(=O)OC(C)(C)C)CCN3)cc(Cl)nc21.Cc1ncnc(C(C)C)c1N.Cc1ncnc(C(C)C)c1Nc1nc(Cl)cc(Cl)c1C(N)=O.NC(=O)c1c(Cl)cc(Cl)nc1F. The van der Waals surface area contributed by atoms with Gasteiger partial charge in [-0.1, -0.05) is 137 Å². The Morgan fingerprint density at radius 1 is 0.533 bits per heavy atom. The van der Waals surface area contributed by atoms with Crippen LogP contribution in [0.25, 0.3) is 33.4 Å². The number of halogens is 8. The van der Waals surface area contributed by atoms with Crippen molar-refractivity contribution in [2.24, 2.45) is 11.5 Å². The highest BCUT2D eigenvalue weighted by molar-refractivity contribution is 6.38. The third-order valence-electron chi connectivity index (χ3n) is 17.5. The number of fused-ring (bicyclic) bond motifs is 2. The zero-order valence-electron chi connectivity index (χ0n) is 70.1. The molecule has 2 atom stereocenters. The maximum absolute atomic E-state index is 13.1. The summed E-state index contributed by atoms with van der Waals surface area (Å²) in [4.78, 5) is 154. The van der Waals surface area contributed by atoms with Gasteiger partial charge in [-0.3, -0.25) is 29.1 Å². The van der Waals surface area contributed by atoms with Gasteiger partial charge in [0.2, 0.25) is 5.95 Å². The van der Waals surface area contributed by atoms with Crippen LogP contribution in [0.5, 0.6) is 5.75 Å². The normalized spacial score (nSPS) is 14.0. The van der Waals surface area contributed by atoms with E-state index in [-0.39, 0.29) is 124 Å². The molecule has 44 heteroatoms. The summed E-state index contributed by atoms with van der Waals surface area (Å²) in [5.74, 6) is -1.88. The third-order valence-corrected chi connectivity index (χ3v) is 19.2. The van der Waals surface area contributed by atoms with Crippen molar-refractivity contribution in [1.29, 1.82) is 0 Å². The summed E-state index contributed by atoms with van der Waals surface area (Å²) in [6.07, 6.45) is 5.20. The van der Waals surface area contributed by atoms with Gasteiger partial charge >= 0.3 is 23.6 Å². The van der Waals surface area contributed by atoms with Crippen molar-refractivity contribution in [3.63, 3.8) is 0 Å². The second-order valence-electron chi connectivity index (χ2n) is 30.7. The summed E-state index contributed by atoms with van der Waals surface area (Å²) in [5, 5.41) is 18.9. The van der Waals surface area contributed by atoms with Crippen LogP contribution in [-0.4, -0.2) is 194 Å². The second kappa shape index (κ2) is 43.0. The molecule has 36 nitrogen and oxygen atoms in total. The molecule has 10 aromatic heterocycles. The molecule has 656 valence electrons. The molecule has 122 heavy (non-hydrogen) atoms. The van der Waals surface area contributed by atoms with E-state index in [0.717, 1.165) is 28.8 Å². The lowest BCUT2D eigenvalue weighted by Crippen LogP contribution is -2.55. The number of rotatable bonds is 14. The molecule has 2 aliphatic rings. The van der Waals surface area contributed by atoms with Crippen LogP contribution in [0.4, 0.5) is 31.2 Å². The number of primary amides is 2. The fraction of sp³-hybridized carbons (Fsp3) is 0.436. The Bertz CT molecular complexity index is 5730. The Labute approximate surface area is 735 Å². The van der Waals surface area contributed by atoms with Crippen LogP contribution in [-0.2, 0) is 9.47 Å². The van der Waals surface area contributed by atoms with Gasteiger partial charge in [0, 0.05) is 51.4 Å². The number of nitrogens with one attached hydrogen (secondary N) is 5. The van der Waals surface area contributed by atoms with Crippen molar-refractivity contribution in [2.75, 3.05) is 63.5 Å². The molecule has 2 saturated heterocycles. The number of ether oxygens (including phenoxy) is 3. The molecule has 0 bridgehead atoms. The first-order chi connectivity index (χ1) is 57.0. The average Bonchev–Trinajstić information content (AvgIpc) is 0.751. The van der Waals surface area contributed by atoms with E-state index in [0.29, 0.717) is 90.7 Å². The lowest BCUT2D eigenvalue weighted by Gasteiger charge is -2.34. The number of hydrogen-bond acceptors (Lipinski definition) is 28. The van der Waals surface area contributed by atoms with Crippen LogP contribution in [0.15, 0.2) is 68.8 Å². The maximum Gasteiger partial charge on any atom is 0.410 e. The summed E-state index contributed by atoms with van der Waals surface area (Å²) in [5.41, 5.74) is 20.0. The number of hydrogen-bond donors (Lipinski definition) is 9. The van der Waals surface area contributed by atoms with Crippen molar-refractivity contribution in [1.82, 2.24) is 99.3 Å². The molecule has 0 unspecified atom stereocenters. The zero-order valence-corrected chi connectivity index (χ0v) is 75.4. The number of aliphatic hydroxyl groups is 1. The van der Waals surface area contributed by atoms with Crippen molar-refractivity contribution in [3.05, 3.63) is 190 Å². The van der Waals surface area contributed by atoms with Gasteiger partial charge < -0.3 is 62.3 Å². The van der Waals surface area contributed by atoms with E-state index >= 15 is 0 Å². The van der Waals surface area contributed by atoms with Gasteiger partial charge in [-0.25, -0.2) is 88.1 Å². The Balaban J connectivity index is 0.000000213. The van der Waals surface area contributed by atoms with Gasteiger partial charge in [0.15, 0.2) is 11.3 Å². The summed E-state index contributed by atoms with van der Waals surface area (Å²) in [7, 11) is 0. The molecular formula is C78H96Cl7FN24O12. The van der Waals surface area contributed by atoms with Crippen molar-refractivity contribution in [2.45, 2.75) is 172 Å². The number of amides is 4. The second-order valence-corrected chi connectivity index (χ2v) is 33.5. The van der Waals surface area contributed by atoms with E-state index in [1.165, 1.54) is 46.3 Å². The minimum absolute atomic E-state index is 0.0187. The number of aromatic nitrogens is 16. The van der Waals surface area contributed by atoms with Crippen LogP contribution in [0.2, 0.25) is 35.7 Å². The smallest absolute Gasteiger partial charge is 0.410 e. The molecular weight excluding hydrogens is 1730 g/mol. The Morgan fingerprint density at radius 2 is 0.926 bits per heavy atom. The number of carbonyl (C=O) groups is 4. The molecule has 12 N–H and O–H groups in total. The fourth-order valence-electron chi connectivity index (χ4n) is 11.9. The lowest BCUT2D eigenvalue weighted by atomic mass is 10.1. The summed E-state index contributed by atoms with van der Waals surface area (Å²) in [6.45, 7) is 37.5. The van der Waals surface area contributed by atoms with Gasteiger partial charge in [0.25, 0.3) is 22.9 Å². The molecule has 12 heterocycles. The summed E-state index contributed by atoms with van der Waals surface area (Å²) >= 11 is 41.2. The van der Waals surface area contributed by atoms with Crippen LogP contribution >= 0.6 is 81.2 Å². The first kappa shape index (κ1) is 98.6. The van der Waals surface area contributed by atoms with Crippen LogP contribution in [0.1, 0.15) is 187 Å². The minimum Gasteiger partial charge on any atom is -0.491 e. The first-order valence-electron chi connectivity index (χ1n) is 37.8. The molecule has 0 spiro atoms. The molecule has 4 amide bonds. The average molecular weight is 1830 g/mol. The highest BCUT2D eigenvalue weighted by Gasteiger charge is 2.32. The Hall–Kier alpha value is -10.5. The number of pyridine rings is 4. The number of nitrogen functional groups attached to an aromatic ring is 1. The molecule has 2 aliphatic heterocycles. The first-order valence-corrected chi connectivity index (χ1v) is 40.5. The monoisotopic (exact) mass is 1820 g/mol. The van der Waals surface area contributed by atoms with Crippen molar-refractivity contribution < 1.29 is 42.9 Å². The number of aliphatic hydroxyl groups excluding tert-OH is 1. The number of aryl methyl sites for hydroxylation is 4. The standard InChI is InChI=1S/C25H32ClN7O5.C15H13Cl2N5O2.C14H15Cl2N5O.C10H20N2O3.C8H13N3.C6H3Cl2FN2O/c1-13(2)19-20(14(3)28-12-29-19)33-21-18(22(34)31-23(33)35)16(9-17(26)30-21)37-11-15-10-32(8-7-27-15)24(36)38-25(4,5)6;1-6(2)11-12(7(3)18-5-19-11)22-13-10(14(23)21-15(22)24)8(16)4-9(17)20-13;1-6(2)11-12(7(3)18-5-19-11)21-14-10(13(17)22)8(15)4-9(16)20-14;1-10(2,3)15-9(14)12-5-4-11-8(6-12)7-13;1-5(2)8-7(9)6(3)10-4-11-8;7-2-1-3(8)11-5(9)4(2)6(10)12/h9,12-13,15,27H,7-8,10-11H2,1-6H3,(H,31,34,35);4-6H,1-3H3,(H,21,23,24);4-6H,1-3H3,(H2,17,22)(H,20,21);8,11,13H,4-7H2,1-3H3;4-5H,9H2,1-3H3;1H,(H2,10,12)/t15-;;;8-;;/m1..1../s1. The van der Waals surface area contributed by atoms with Gasteiger partial charge in [0.05, 0.1) is 96.0 Å². The van der Waals surface area contributed by atoms with Crippen LogP contribution in [0.3, 0.4) is 0 Å². The molecule has 0 saturated carbocycles. The van der Waals surface area contributed by atoms with Crippen LogP contribution < -0.4 is 60.4 Å². The highest BCUT2D eigenvalue weighted by atomic mass is 35.5. The van der Waals surface area contributed by atoms with E-state index in [2.05, 4.69) is 99.6 Å². The van der Waals surface area contributed by atoms with E-state index < -0.39 is 63.1 Å². The van der Waals surface area contributed by atoms with E-state index in [9.17, 15) is 42.7 Å². The topological polar surface area (TPSA) is 501 Å². The molecule has 0 aliphatic carbocycles. The van der Waals surface area contributed by atoms with E-state index in [4.69, 9.17) is 118 Å².